The maximum Gasteiger partial charge on any atom is 0.188 e. The van der Waals surface area contributed by atoms with Crippen molar-refractivity contribution in [1.29, 1.82) is 0 Å². The van der Waals surface area contributed by atoms with E-state index in [1.54, 1.807) is 0 Å². The molecule has 0 spiro atoms. The van der Waals surface area contributed by atoms with Crippen molar-refractivity contribution in [2.75, 3.05) is 19.6 Å². The van der Waals surface area contributed by atoms with Crippen LogP contribution in [0.25, 0.3) is 0 Å². The molecule has 0 aliphatic carbocycles. The molecule has 26 heavy (non-hydrogen) atoms. The maximum atomic E-state index is 6.02. The molecule has 0 saturated heterocycles. The van der Waals surface area contributed by atoms with Crippen LogP contribution in [0.2, 0.25) is 0 Å². The molecule has 0 saturated carbocycles. The lowest BCUT2D eigenvalue weighted by molar-refractivity contribution is 0.295. The summed E-state index contributed by atoms with van der Waals surface area (Å²) in [5.74, 6) is 0.508. The third kappa shape index (κ3) is 7.74. The molecule has 0 unspecified atom stereocenters. The summed E-state index contributed by atoms with van der Waals surface area (Å²) in [6.45, 7) is 8.86. The van der Waals surface area contributed by atoms with E-state index in [9.17, 15) is 0 Å². The summed E-state index contributed by atoms with van der Waals surface area (Å²) in [5, 5.41) is 3.20. The summed E-state index contributed by atoms with van der Waals surface area (Å²) in [6, 6.07) is 18.9. The van der Waals surface area contributed by atoms with Gasteiger partial charge in [0.25, 0.3) is 0 Å². The number of hydrogen-bond acceptors (Lipinski definition) is 2. The molecular formula is C21H31IN4. The Hall–Kier alpha value is -1.60. The predicted molar refractivity (Wildman–Crippen MR) is 122 cm³/mol. The third-order valence-corrected chi connectivity index (χ3v) is 4.39. The van der Waals surface area contributed by atoms with Crippen LogP contribution in [0, 0.1) is 0 Å². The minimum atomic E-state index is 0. The van der Waals surface area contributed by atoms with E-state index in [0.717, 1.165) is 32.6 Å². The van der Waals surface area contributed by atoms with Crippen LogP contribution in [0.15, 0.2) is 59.6 Å². The average Bonchev–Trinajstić information content (AvgIpc) is 2.66. The molecule has 0 aliphatic rings. The highest BCUT2D eigenvalue weighted by Crippen LogP contribution is 2.13. The Morgan fingerprint density at radius 2 is 1.58 bits per heavy atom. The molecule has 0 aliphatic heterocycles. The Labute approximate surface area is 174 Å². The van der Waals surface area contributed by atoms with Gasteiger partial charge in [-0.1, -0.05) is 68.4 Å². The van der Waals surface area contributed by atoms with Crippen molar-refractivity contribution < 1.29 is 0 Å². The second-order valence-corrected chi connectivity index (χ2v) is 6.09. The second kappa shape index (κ2) is 12.7. The van der Waals surface area contributed by atoms with E-state index < -0.39 is 0 Å². The lowest BCUT2D eigenvalue weighted by Crippen LogP contribution is -2.33. The number of benzene rings is 2. The van der Waals surface area contributed by atoms with Crippen molar-refractivity contribution in [3.8, 4) is 0 Å². The van der Waals surface area contributed by atoms with Crippen molar-refractivity contribution in [3.05, 3.63) is 71.3 Å². The average molecular weight is 466 g/mol. The van der Waals surface area contributed by atoms with E-state index in [1.807, 2.05) is 6.07 Å². The fourth-order valence-electron chi connectivity index (χ4n) is 2.76. The van der Waals surface area contributed by atoms with E-state index in [1.165, 1.54) is 16.7 Å². The van der Waals surface area contributed by atoms with Crippen LogP contribution in [-0.2, 0) is 19.5 Å². The molecule has 3 N–H and O–H groups in total. The second-order valence-electron chi connectivity index (χ2n) is 6.09. The van der Waals surface area contributed by atoms with Gasteiger partial charge in [-0.2, -0.15) is 0 Å². The predicted octanol–water partition coefficient (Wildman–Crippen LogP) is 3.79. The number of nitrogens with zero attached hydrogens (tertiary/aromatic N) is 2. The molecule has 0 amide bonds. The highest BCUT2D eigenvalue weighted by Gasteiger charge is 2.06. The molecule has 0 heterocycles. The van der Waals surface area contributed by atoms with E-state index in [-0.39, 0.29) is 24.0 Å². The summed E-state index contributed by atoms with van der Waals surface area (Å²) in [5.41, 5.74) is 9.88. The molecular weight excluding hydrogens is 435 g/mol. The van der Waals surface area contributed by atoms with Crippen molar-refractivity contribution in [1.82, 2.24) is 10.2 Å². The Morgan fingerprint density at radius 3 is 2.23 bits per heavy atom. The van der Waals surface area contributed by atoms with Gasteiger partial charge >= 0.3 is 0 Å². The van der Waals surface area contributed by atoms with Gasteiger partial charge in [0.15, 0.2) is 5.96 Å². The fourth-order valence-corrected chi connectivity index (χ4v) is 2.76. The fraction of sp³-hybridized carbons (Fsp3) is 0.381. The molecule has 5 heteroatoms. The van der Waals surface area contributed by atoms with Gasteiger partial charge in [-0.3, -0.25) is 4.90 Å². The standard InChI is InChI=1S/C21H30N4.HI/c1-3-25(4-2)17-20-13-9-8-12-19(20)16-24-21(22)23-15-14-18-10-6-5-7-11-18;/h5-13H,3-4,14-17H2,1-2H3,(H3,22,23,24);1H. The lowest BCUT2D eigenvalue weighted by Gasteiger charge is -2.19. The van der Waals surface area contributed by atoms with Crippen LogP contribution >= 0.6 is 24.0 Å². The van der Waals surface area contributed by atoms with Crippen LogP contribution in [0.4, 0.5) is 0 Å². The minimum absolute atomic E-state index is 0. The van der Waals surface area contributed by atoms with Gasteiger partial charge in [-0.25, -0.2) is 4.99 Å². The third-order valence-electron chi connectivity index (χ3n) is 4.39. The Bertz CT molecular complexity index is 654. The van der Waals surface area contributed by atoms with Gasteiger partial charge in [0, 0.05) is 13.1 Å². The van der Waals surface area contributed by atoms with Gasteiger partial charge in [-0.15, -0.1) is 24.0 Å². The van der Waals surface area contributed by atoms with Crippen LogP contribution < -0.4 is 11.1 Å². The molecule has 2 rings (SSSR count). The summed E-state index contributed by atoms with van der Waals surface area (Å²) in [7, 11) is 0. The first-order chi connectivity index (χ1) is 12.2. The van der Waals surface area contributed by atoms with Gasteiger partial charge in [0.1, 0.15) is 0 Å². The summed E-state index contributed by atoms with van der Waals surface area (Å²) in [4.78, 5) is 6.92. The normalized spacial score (nSPS) is 11.3. The van der Waals surface area contributed by atoms with Crippen molar-refractivity contribution in [2.24, 2.45) is 10.7 Å². The number of guanidine groups is 1. The minimum Gasteiger partial charge on any atom is -0.370 e. The first kappa shape index (κ1) is 22.4. The van der Waals surface area contributed by atoms with E-state index in [2.05, 4.69) is 77.6 Å². The molecule has 2 aromatic rings. The van der Waals surface area contributed by atoms with Crippen molar-refractivity contribution in [2.45, 2.75) is 33.4 Å². The molecule has 0 fully saturated rings. The van der Waals surface area contributed by atoms with Crippen LogP contribution in [0.1, 0.15) is 30.5 Å². The van der Waals surface area contributed by atoms with E-state index >= 15 is 0 Å². The summed E-state index contributed by atoms with van der Waals surface area (Å²) < 4.78 is 0. The number of nitrogens with one attached hydrogen (secondary N) is 1. The van der Waals surface area contributed by atoms with Gasteiger partial charge < -0.3 is 11.1 Å². The Kier molecular flexibility index (Phi) is 11.0. The molecule has 0 bridgehead atoms. The first-order valence-corrected chi connectivity index (χ1v) is 9.09. The zero-order chi connectivity index (χ0) is 17.9. The number of nitrogens with two attached hydrogens (primary N) is 1. The molecule has 0 atom stereocenters. The number of halogens is 1. The van der Waals surface area contributed by atoms with Crippen molar-refractivity contribution in [3.63, 3.8) is 0 Å². The Balaban J connectivity index is 0.00000338. The zero-order valence-corrected chi connectivity index (χ0v) is 18.1. The maximum absolute atomic E-state index is 6.02. The van der Waals surface area contributed by atoms with Gasteiger partial charge in [0.05, 0.1) is 6.54 Å². The quantitative estimate of drug-likeness (QED) is 0.336. The lowest BCUT2D eigenvalue weighted by atomic mass is 10.1. The number of aliphatic imine (C=N–C) groups is 1. The first-order valence-electron chi connectivity index (χ1n) is 9.09. The Morgan fingerprint density at radius 1 is 0.962 bits per heavy atom. The number of rotatable bonds is 9. The van der Waals surface area contributed by atoms with Crippen LogP contribution in [0.5, 0.6) is 0 Å². The summed E-state index contributed by atoms with van der Waals surface area (Å²) >= 11 is 0. The molecule has 2 aromatic carbocycles. The van der Waals surface area contributed by atoms with E-state index in [4.69, 9.17) is 5.73 Å². The highest BCUT2D eigenvalue weighted by molar-refractivity contribution is 14.0. The largest absolute Gasteiger partial charge is 0.370 e. The van der Waals surface area contributed by atoms with Crippen molar-refractivity contribution >= 4 is 29.9 Å². The monoisotopic (exact) mass is 466 g/mol. The molecule has 0 radical (unpaired) electrons. The highest BCUT2D eigenvalue weighted by atomic mass is 127. The molecule has 142 valence electrons. The summed E-state index contributed by atoms with van der Waals surface area (Å²) in [6.07, 6.45) is 0.940. The van der Waals surface area contributed by atoms with Gasteiger partial charge in [0.2, 0.25) is 0 Å². The van der Waals surface area contributed by atoms with Crippen LogP contribution in [-0.4, -0.2) is 30.5 Å². The zero-order valence-electron chi connectivity index (χ0n) is 15.8. The smallest absolute Gasteiger partial charge is 0.188 e. The van der Waals surface area contributed by atoms with Gasteiger partial charge in [-0.05, 0) is 36.2 Å². The molecule has 0 aromatic heterocycles. The number of hydrogen-bond donors (Lipinski definition) is 2. The van der Waals surface area contributed by atoms with E-state index in [0.29, 0.717) is 12.5 Å². The SMILES string of the molecule is CCN(CC)Cc1ccccc1CN=C(N)NCCc1ccccc1.I. The van der Waals surface area contributed by atoms with Crippen LogP contribution in [0.3, 0.4) is 0 Å². The molecule has 4 nitrogen and oxygen atoms in total. The topological polar surface area (TPSA) is 53.6 Å².